The molecule has 1 aliphatic rings. The molecule has 3 aromatic carbocycles. The molecule has 0 spiro atoms. The minimum Gasteiger partial charge on any atom is -0.457 e. The largest absolute Gasteiger partial charge is 0.457 e. The third-order valence-corrected chi connectivity index (χ3v) is 5.24. The van der Waals surface area contributed by atoms with Gasteiger partial charge in [-0.25, -0.2) is 0 Å². The van der Waals surface area contributed by atoms with Crippen molar-refractivity contribution in [2.75, 3.05) is 13.2 Å². The molecule has 0 saturated carbocycles. The van der Waals surface area contributed by atoms with Gasteiger partial charge in [0, 0.05) is 22.9 Å². The molecule has 1 N–H and O–H groups in total. The molecule has 0 bridgehead atoms. The first kappa shape index (κ1) is 20.2. The lowest BCUT2D eigenvalue weighted by Gasteiger charge is -2.31. The lowest BCUT2D eigenvalue weighted by Crippen LogP contribution is -2.46. The Kier molecular flexibility index (Phi) is 5.39. The number of amides is 1. The molecule has 4 nitrogen and oxygen atoms in total. The van der Waals surface area contributed by atoms with E-state index in [2.05, 4.69) is 5.32 Å². The van der Waals surface area contributed by atoms with Gasteiger partial charge in [-0.3, -0.25) is 4.79 Å². The number of carbonyl (C=O) groups is 1. The topological polar surface area (TPSA) is 47.6 Å². The smallest absolute Gasteiger partial charge is 0.416 e. The van der Waals surface area contributed by atoms with Crippen molar-refractivity contribution in [3.8, 4) is 11.5 Å². The first-order valence-electron chi connectivity index (χ1n) is 9.58. The fraction of sp³-hybridized carbons (Fsp3) is 0.261. The van der Waals surface area contributed by atoms with Gasteiger partial charge in [0.15, 0.2) is 0 Å². The van der Waals surface area contributed by atoms with Crippen molar-refractivity contribution in [1.82, 2.24) is 5.32 Å². The van der Waals surface area contributed by atoms with Gasteiger partial charge >= 0.3 is 6.18 Å². The van der Waals surface area contributed by atoms with Crippen LogP contribution in [-0.4, -0.2) is 25.2 Å². The summed E-state index contributed by atoms with van der Waals surface area (Å²) in [6.07, 6.45) is -4.39. The number of halogens is 3. The van der Waals surface area contributed by atoms with Gasteiger partial charge in [0.2, 0.25) is 0 Å². The Bertz CT molecular complexity index is 1060. The highest BCUT2D eigenvalue weighted by Gasteiger charge is 2.30. The number of carbonyl (C=O) groups excluding carboxylic acids is 1. The van der Waals surface area contributed by atoms with E-state index in [0.717, 1.165) is 22.9 Å². The van der Waals surface area contributed by atoms with E-state index in [1.54, 1.807) is 30.3 Å². The van der Waals surface area contributed by atoms with Crippen molar-refractivity contribution >= 4 is 16.7 Å². The molecule has 0 aliphatic carbocycles. The molecule has 1 fully saturated rings. The zero-order valence-corrected chi connectivity index (χ0v) is 16.2. The molecule has 0 aromatic heterocycles. The molecule has 4 rings (SSSR count). The van der Waals surface area contributed by atoms with Crippen LogP contribution in [0.25, 0.3) is 10.8 Å². The molecule has 7 heteroatoms. The number of alkyl halides is 3. The molecule has 1 atom stereocenters. The summed E-state index contributed by atoms with van der Waals surface area (Å²) >= 11 is 0. The average molecular weight is 415 g/mol. The van der Waals surface area contributed by atoms with Gasteiger partial charge in [-0.1, -0.05) is 12.1 Å². The van der Waals surface area contributed by atoms with Crippen LogP contribution in [0, 0.1) is 5.92 Å². The van der Waals surface area contributed by atoms with Crippen molar-refractivity contribution in [3.05, 3.63) is 71.8 Å². The molecule has 0 radical (unpaired) electrons. The van der Waals surface area contributed by atoms with Crippen molar-refractivity contribution in [1.29, 1.82) is 0 Å². The van der Waals surface area contributed by atoms with Gasteiger partial charge in [-0.05, 0) is 60.8 Å². The highest BCUT2D eigenvalue weighted by molar-refractivity contribution is 6.00. The number of hydrogen-bond donors (Lipinski definition) is 1. The summed E-state index contributed by atoms with van der Waals surface area (Å²) in [5.74, 6) is 0.969. The van der Waals surface area contributed by atoms with Crippen LogP contribution < -0.4 is 10.1 Å². The first-order chi connectivity index (χ1) is 14.3. The zero-order chi connectivity index (χ0) is 21.3. The highest BCUT2D eigenvalue weighted by atomic mass is 19.4. The second-order valence-corrected chi connectivity index (χ2v) is 7.38. The summed E-state index contributed by atoms with van der Waals surface area (Å²) < 4.78 is 49.1. The quantitative estimate of drug-likeness (QED) is 0.606. The lowest BCUT2D eigenvalue weighted by atomic mass is 9.99. The zero-order valence-electron chi connectivity index (χ0n) is 16.2. The molecule has 30 heavy (non-hydrogen) atoms. The molecule has 1 saturated heterocycles. The normalized spacial score (nSPS) is 15.5. The number of fused-ring (bicyclic) bond motifs is 1. The second kappa shape index (κ2) is 7.99. The van der Waals surface area contributed by atoms with E-state index >= 15 is 0 Å². The van der Waals surface area contributed by atoms with E-state index in [-0.39, 0.29) is 11.9 Å². The van der Waals surface area contributed by atoms with Crippen LogP contribution in [0.5, 0.6) is 11.5 Å². The maximum absolute atomic E-state index is 12.7. The van der Waals surface area contributed by atoms with E-state index in [1.165, 1.54) is 12.1 Å². The standard InChI is InChI=1S/C23H20F3NO3/c1-14(17-12-29-13-17)27-22(28)16-5-10-20-15(11-16)3-2-4-21(20)30-19-8-6-18(7-9-19)23(24,25)26/h2-11,14,17H,12-13H2,1H3,(H,27,28)/t14-/m0/s1. The number of hydrogen-bond acceptors (Lipinski definition) is 3. The number of rotatable bonds is 5. The predicted molar refractivity (Wildman–Crippen MR) is 107 cm³/mol. The van der Waals surface area contributed by atoms with Gasteiger partial charge in [0.25, 0.3) is 5.91 Å². The fourth-order valence-electron chi connectivity index (χ4n) is 3.27. The summed E-state index contributed by atoms with van der Waals surface area (Å²) in [5.41, 5.74) is -0.201. The third-order valence-electron chi connectivity index (χ3n) is 5.24. The molecule has 1 amide bonds. The van der Waals surface area contributed by atoms with Crippen LogP contribution in [0.3, 0.4) is 0 Å². The van der Waals surface area contributed by atoms with Crippen molar-refractivity contribution < 1.29 is 27.4 Å². The molecule has 3 aromatic rings. The Morgan fingerprint density at radius 3 is 2.47 bits per heavy atom. The summed E-state index contributed by atoms with van der Waals surface area (Å²) in [6.45, 7) is 3.27. The van der Waals surface area contributed by atoms with E-state index in [1.807, 2.05) is 13.0 Å². The van der Waals surface area contributed by atoms with Crippen LogP contribution in [0.1, 0.15) is 22.8 Å². The van der Waals surface area contributed by atoms with E-state index in [0.29, 0.717) is 36.2 Å². The van der Waals surface area contributed by atoms with Gasteiger partial charge in [-0.2, -0.15) is 13.2 Å². The Morgan fingerprint density at radius 1 is 1.10 bits per heavy atom. The minimum absolute atomic E-state index is 0.0243. The van der Waals surface area contributed by atoms with E-state index < -0.39 is 11.7 Å². The van der Waals surface area contributed by atoms with Gasteiger partial charge in [0.1, 0.15) is 11.5 Å². The predicted octanol–water partition coefficient (Wildman–Crippen LogP) is 5.42. The van der Waals surface area contributed by atoms with Crippen LogP contribution in [0.15, 0.2) is 60.7 Å². The van der Waals surface area contributed by atoms with Crippen LogP contribution in [0.4, 0.5) is 13.2 Å². The SMILES string of the molecule is C[C@H](NC(=O)c1ccc2c(Oc3ccc(C(F)(F)F)cc3)cccc2c1)C1COC1. The molecular formula is C23H20F3NO3. The van der Waals surface area contributed by atoms with Gasteiger partial charge in [-0.15, -0.1) is 0 Å². The third kappa shape index (κ3) is 4.26. The van der Waals surface area contributed by atoms with Crippen LogP contribution in [-0.2, 0) is 10.9 Å². The van der Waals surface area contributed by atoms with Gasteiger partial charge < -0.3 is 14.8 Å². The van der Waals surface area contributed by atoms with Crippen molar-refractivity contribution in [3.63, 3.8) is 0 Å². The Morgan fingerprint density at radius 2 is 1.83 bits per heavy atom. The van der Waals surface area contributed by atoms with Crippen molar-refractivity contribution in [2.45, 2.75) is 19.1 Å². The summed E-state index contributed by atoms with van der Waals surface area (Å²) in [6, 6.07) is 15.2. The maximum atomic E-state index is 12.7. The maximum Gasteiger partial charge on any atom is 0.416 e. The summed E-state index contributed by atoms with van der Waals surface area (Å²) in [5, 5.41) is 4.55. The summed E-state index contributed by atoms with van der Waals surface area (Å²) in [4.78, 5) is 12.6. The van der Waals surface area contributed by atoms with Crippen molar-refractivity contribution in [2.24, 2.45) is 5.92 Å². The highest BCUT2D eigenvalue weighted by Crippen LogP contribution is 2.33. The monoisotopic (exact) mass is 415 g/mol. The molecule has 156 valence electrons. The molecular weight excluding hydrogens is 395 g/mol. The van der Waals surface area contributed by atoms with E-state index in [4.69, 9.17) is 9.47 Å². The Hall–Kier alpha value is -3.06. The van der Waals surface area contributed by atoms with E-state index in [9.17, 15) is 18.0 Å². The Labute approximate surface area is 171 Å². The number of benzene rings is 3. The average Bonchev–Trinajstić information content (AvgIpc) is 2.66. The fourth-order valence-corrected chi connectivity index (χ4v) is 3.27. The second-order valence-electron chi connectivity index (χ2n) is 7.38. The lowest BCUT2D eigenvalue weighted by molar-refractivity contribution is -0.137. The number of ether oxygens (including phenoxy) is 2. The molecule has 1 heterocycles. The van der Waals surface area contributed by atoms with Crippen LogP contribution >= 0.6 is 0 Å². The molecule has 0 unspecified atom stereocenters. The summed E-state index contributed by atoms with van der Waals surface area (Å²) in [7, 11) is 0. The van der Waals surface area contributed by atoms with Gasteiger partial charge in [0.05, 0.1) is 18.8 Å². The Balaban J connectivity index is 1.53. The first-order valence-corrected chi connectivity index (χ1v) is 9.58. The number of nitrogens with one attached hydrogen (secondary N) is 1. The van der Waals surface area contributed by atoms with Crippen LogP contribution in [0.2, 0.25) is 0 Å². The molecule has 1 aliphatic heterocycles. The minimum atomic E-state index is -4.39.